The molecule has 0 radical (unpaired) electrons. The molecule has 2 aromatic rings. The van der Waals surface area contributed by atoms with Gasteiger partial charge >= 0.3 is 12.1 Å². The first-order chi connectivity index (χ1) is 19.5. The standard InChI is InChI=1S/C30H36N4O7S/c1-29(2,3)40-25(35)19-34(7)42(38,39)22-14-9-13-21(17-22)32-18-23-26-20(11-8-15-24(26)33-27(23)36)12-10-16-31-28(37)41-30(4,5)6/h8-9,11,13-15,17-18,23H,16,19H2,1-7H3,(H,31,37)(H,33,36). The lowest BCUT2D eigenvalue weighted by Crippen LogP contribution is -2.36. The topological polar surface area (TPSA) is 143 Å². The van der Waals surface area contributed by atoms with Crippen LogP contribution in [0.4, 0.5) is 16.2 Å². The van der Waals surface area contributed by atoms with Gasteiger partial charge in [-0.2, -0.15) is 4.31 Å². The van der Waals surface area contributed by atoms with Crippen LogP contribution in [0.1, 0.15) is 58.6 Å². The maximum atomic E-state index is 13.1. The predicted molar refractivity (Wildman–Crippen MR) is 159 cm³/mol. The summed E-state index contributed by atoms with van der Waals surface area (Å²) in [6.45, 7) is 9.97. The van der Waals surface area contributed by atoms with E-state index < -0.39 is 45.8 Å². The van der Waals surface area contributed by atoms with Gasteiger partial charge in [-0.3, -0.25) is 14.6 Å². The first-order valence-corrected chi connectivity index (χ1v) is 14.6. The molecule has 3 rings (SSSR count). The Kier molecular flexibility index (Phi) is 9.81. The number of amides is 2. The molecule has 1 heterocycles. The largest absolute Gasteiger partial charge is 0.459 e. The van der Waals surface area contributed by atoms with E-state index in [1.54, 1.807) is 65.8 Å². The average Bonchev–Trinajstić information content (AvgIpc) is 3.18. The van der Waals surface area contributed by atoms with Gasteiger partial charge in [0.25, 0.3) is 0 Å². The fourth-order valence-electron chi connectivity index (χ4n) is 3.88. The van der Waals surface area contributed by atoms with E-state index in [1.165, 1.54) is 31.5 Å². The van der Waals surface area contributed by atoms with E-state index in [-0.39, 0.29) is 17.3 Å². The van der Waals surface area contributed by atoms with Crippen molar-refractivity contribution in [3.63, 3.8) is 0 Å². The van der Waals surface area contributed by atoms with E-state index in [0.717, 1.165) is 4.31 Å². The number of nitrogens with one attached hydrogen (secondary N) is 2. The number of nitrogens with zero attached hydrogens (tertiary/aromatic N) is 2. The lowest BCUT2D eigenvalue weighted by Gasteiger charge is -2.22. The molecule has 224 valence electrons. The Morgan fingerprint density at radius 2 is 1.74 bits per heavy atom. The van der Waals surface area contributed by atoms with Crippen LogP contribution in [-0.4, -0.2) is 68.2 Å². The van der Waals surface area contributed by atoms with E-state index >= 15 is 0 Å². The SMILES string of the molecule is CN(CC(=O)OC(C)(C)C)S(=O)(=O)c1cccc(N=CC2C(=O)Nc3cccc(C#CCNC(=O)OC(C)(C)C)c32)c1. The number of sulfonamides is 1. The summed E-state index contributed by atoms with van der Waals surface area (Å²) in [6.07, 6.45) is 0.846. The quantitative estimate of drug-likeness (QED) is 0.280. The molecule has 42 heavy (non-hydrogen) atoms. The van der Waals surface area contributed by atoms with Gasteiger partial charge in [-0.15, -0.1) is 0 Å². The van der Waals surface area contributed by atoms with Gasteiger partial charge in [0.15, 0.2) is 0 Å². The Hall–Kier alpha value is -4.21. The number of rotatable bonds is 7. The number of ether oxygens (including phenoxy) is 2. The first-order valence-electron chi connectivity index (χ1n) is 13.2. The minimum atomic E-state index is -4.02. The van der Waals surface area contributed by atoms with Crippen molar-refractivity contribution < 1.29 is 32.3 Å². The third-order valence-electron chi connectivity index (χ3n) is 5.57. The average molecular weight is 597 g/mol. The smallest absolute Gasteiger partial charge is 0.408 e. The molecule has 0 fully saturated rings. The maximum absolute atomic E-state index is 13.1. The Labute approximate surface area is 246 Å². The third kappa shape index (κ3) is 8.89. The van der Waals surface area contributed by atoms with E-state index in [9.17, 15) is 22.8 Å². The molecule has 2 N–H and O–H groups in total. The second kappa shape index (κ2) is 12.8. The van der Waals surface area contributed by atoms with Crippen molar-refractivity contribution in [3.05, 3.63) is 53.6 Å². The van der Waals surface area contributed by atoms with Crippen LogP contribution in [-0.2, 0) is 29.1 Å². The van der Waals surface area contributed by atoms with Crippen LogP contribution < -0.4 is 10.6 Å². The molecule has 2 aromatic carbocycles. The third-order valence-corrected chi connectivity index (χ3v) is 7.37. The second-order valence-electron chi connectivity index (χ2n) is 11.5. The molecule has 1 aliphatic rings. The second-order valence-corrected chi connectivity index (χ2v) is 13.6. The molecule has 1 unspecified atom stereocenters. The number of anilines is 1. The summed E-state index contributed by atoms with van der Waals surface area (Å²) in [6, 6.07) is 11.2. The molecule has 12 heteroatoms. The van der Waals surface area contributed by atoms with Crippen molar-refractivity contribution >= 4 is 45.6 Å². The molecular formula is C30H36N4O7S. The van der Waals surface area contributed by atoms with Crippen molar-refractivity contribution in [2.24, 2.45) is 4.99 Å². The number of benzene rings is 2. The van der Waals surface area contributed by atoms with Crippen LogP contribution in [0.2, 0.25) is 0 Å². The van der Waals surface area contributed by atoms with Crippen LogP contribution in [0.25, 0.3) is 0 Å². The van der Waals surface area contributed by atoms with Gasteiger partial charge in [0, 0.05) is 30.1 Å². The molecule has 2 amide bonds. The van der Waals surface area contributed by atoms with Gasteiger partial charge in [0.1, 0.15) is 23.7 Å². The fraction of sp³-hybridized carbons (Fsp3) is 0.400. The first kappa shape index (κ1) is 32.3. The Balaban J connectivity index is 1.78. The van der Waals surface area contributed by atoms with Crippen molar-refractivity contribution in [1.29, 1.82) is 0 Å². The van der Waals surface area contributed by atoms with E-state index in [4.69, 9.17) is 9.47 Å². The Morgan fingerprint density at radius 1 is 1.07 bits per heavy atom. The molecule has 1 atom stereocenters. The monoisotopic (exact) mass is 596 g/mol. The highest BCUT2D eigenvalue weighted by Crippen LogP contribution is 2.34. The number of hydrogen-bond acceptors (Lipinski definition) is 8. The summed E-state index contributed by atoms with van der Waals surface area (Å²) in [7, 11) is -2.73. The predicted octanol–water partition coefficient (Wildman–Crippen LogP) is 3.96. The lowest BCUT2D eigenvalue weighted by atomic mass is 9.96. The highest BCUT2D eigenvalue weighted by molar-refractivity contribution is 7.89. The molecular weight excluding hydrogens is 560 g/mol. The van der Waals surface area contributed by atoms with Crippen LogP contribution in [0, 0.1) is 11.8 Å². The van der Waals surface area contributed by atoms with E-state index in [0.29, 0.717) is 22.5 Å². The van der Waals surface area contributed by atoms with E-state index in [1.807, 2.05) is 0 Å². The summed E-state index contributed by atoms with van der Waals surface area (Å²) in [5.74, 6) is 4.09. The molecule has 0 aromatic heterocycles. The highest BCUT2D eigenvalue weighted by Gasteiger charge is 2.31. The molecule has 1 aliphatic heterocycles. The number of carbonyl (C=O) groups is 3. The summed E-state index contributed by atoms with van der Waals surface area (Å²) in [4.78, 5) is 41.2. The van der Waals surface area contributed by atoms with Crippen LogP contribution in [0.3, 0.4) is 0 Å². The molecule has 11 nitrogen and oxygen atoms in total. The van der Waals surface area contributed by atoms with E-state index in [2.05, 4.69) is 27.5 Å². The van der Waals surface area contributed by atoms with Crippen LogP contribution in [0.5, 0.6) is 0 Å². The Bertz CT molecular complexity index is 1560. The zero-order chi connectivity index (χ0) is 31.3. The Morgan fingerprint density at radius 3 is 2.40 bits per heavy atom. The van der Waals surface area contributed by atoms with Crippen molar-refractivity contribution in [2.45, 2.75) is 63.6 Å². The zero-order valence-electron chi connectivity index (χ0n) is 24.8. The van der Waals surface area contributed by atoms with Crippen LogP contribution >= 0.6 is 0 Å². The molecule has 0 spiro atoms. The number of hydrogen-bond donors (Lipinski definition) is 2. The fourth-order valence-corrected chi connectivity index (χ4v) is 5.03. The summed E-state index contributed by atoms with van der Waals surface area (Å²) in [5.41, 5.74) is 0.710. The normalized spacial score (nSPS) is 15.0. The molecule has 0 aliphatic carbocycles. The molecule has 0 saturated heterocycles. The highest BCUT2D eigenvalue weighted by atomic mass is 32.2. The number of carbonyl (C=O) groups excluding carboxylic acids is 3. The van der Waals surface area contributed by atoms with Crippen molar-refractivity contribution in [2.75, 3.05) is 25.5 Å². The zero-order valence-corrected chi connectivity index (χ0v) is 25.6. The lowest BCUT2D eigenvalue weighted by molar-refractivity contribution is -0.154. The van der Waals surface area contributed by atoms with Gasteiger partial charge in [-0.05, 0) is 71.9 Å². The van der Waals surface area contributed by atoms with Gasteiger partial charge < -0.3 is 20.1 Å². The van der Waals surface area contributed by atoms with Gasteiger partial charge in [0.05, 0.1) is 17.1 Å². The van der Waals surface area contributed by atoms with Crippen molar-refractivity contribution in [1.82, 2.24) is 9.62 Å². The van der Waals surface area contributed by atoms with Gasteiger partial charge in [-0.1, -0.05) is 24.0 Å². The number of aliphatic imine (C=N–C) groups is 1. The molecule has 0 bridgehead atoms. The number of esters is 1. The minimum Gasteiger partial charge on any atom is -0.459 e. The number of alkyl carbamates (subject to hydrolysis) is 1. The molecule has 0 saturated carbocycles. The summed E-state index contributed by atoms with van der Waals surface area (Å²) < 4.78 is 37.5. The van der Waals surface area contributed by atoms with Gasteiger partial charge in [-0.25, -0.2) is 13.2 Å². The summed E-state index contributed by atoms with van der Waals surface area (Å²) in [5, 5.41) is 5.38. The number of likely N-dealkylation sites (N-methyl/N-ethyl adjacent to an activating group) is 1. The van der Waals surface area contributed by atoms with Crippen LogP contribution in [0.15, 0.2) is 52.4 Å². The number of fused-ring (bicyclic) bond motifs is 1. The maximum Gasteiger partial charge on any atom is 0.408 e. The van der Waals surface area contributed by atoms with Gasteiger partial charge in [0.2, 0.25) is 15.9 Å². The minimum absolute atomic E-state index is 0.0440. The summed E-state index contributed by atoms with van der Waals surface area (Å²) >= 11 is 0. The van der Waals surface area contributed by atoms with Crippen molar-refractivity contribution in [3.8, 4) is 11.8 Å².